The van der Waals surface area contributed by atoms with Crippen molar-refractivity contribution in [1.82, 2.24) is 9.13 Å². The van der Waals surface area contributed by atoms with Gasteiger partial charge in [0.05, 0.1) is 10.7 Å². The number of carbonyl (C=O) groups excluding carboxylic acids is 2. The number of aldehydes is 1. The molecule has 0 aliphatic carbocycles. The van der Waals surface area contributed by atoms with Gasteiger partial charge < -0.3 is 10.5 Å². The summed E-state index contributed by atoms with van der Waals surface area (Å²) in [5.74, 6) is -2.97. The molecular weight excluding hydrogens is 414 g/mol. The number of hydrogen-bond acceptors (Lipinski definition) is 5. The zero-order chi connectivity index (χ0) is 21.4. The molecule has 13 heteroatoms. The van der Waals surface area contributed by atoms with Crippen LogP contribution in [0.2, 0.25) is 5.02 Å². The van der Waals surface area contributed by atoms with Crippen LogP contribution in [0.5, 0.6) is 5.75 Å². The van der Waals surface area contributed by atoms with Gasteiger partial charge in [0.25, 0.3) is 11.5 Å². The van der Waals surface area contributed by atoms with Gasteiger partial charge in [0, 0.05) is 19.2 Å². The third-order valence-corrected chi connectivity index (χ3v) is 3.81. The first-order valence-electron chi connectivity index (χ1n) is 7.19. The molecule has 8 nitrogen and oxygen atoms in total. The van der Waals surface area contributed by atoms with Crippen LogP contribution in [0.15, 0.2) is 27.8 Å². The minimum Gasteiger partial charge on any atom is -0.471 e. The lowest BCUT2D eigenvalue weighted by Gasteiger charge is -2.16. The molecule has 2 N–H and O–H groups in total. The van der Waals surface area contributed by atoms with Crippen LogP contribution in [-0.4, -0.2) is 27.4 Å². The predicted molar refractivity (Wildman–Crippen MR) is 86.9 cm³/mol. The minimum atomic E-state index is -5.00. The molecule has 0 spiro atoms. The second-order valence-corrected chi connectivity index (χ2v) is 5.76. The molecule has 2 aromatic rings. The van der Waals surface area contributed by atoms with Crippen molar-refractivity contribution in [3.8, 4) is 11.4 Å². The average Bonchev–Trinajstić information content (AvgIpc) is 2.57. The molecule has 1 unspecified atom stereocenters. The van der Waals surface area contributed by atoms with Gasteiger partial charge >= 0.3 is 11.9 Å². The number of aromatic nitrogens is 2. The standard InChI is InChI=1S/C15H10ClF4N3O5/c1-22-11(15(18,19)20)4-12(25)23(14(22)27)8-3-9(6(16)2-7(8)17)28-10(5-24)13(21)26/h2-5,10H,1H3,(H2,21,26). The summed E-state index contributed by atoms with van der Waals surface area (Å²) >= 11 is 5.74. The summed E-state index contributed by atoms with van der Waals surface area (Å²) in [6.07, 6.45) is -6.80. The molecule has 0 fully saturated rings. The van der Waals surface area contributed by atoms with Crippen molar-refractivity contribution in [3.05, 3.63) is 55.6 Å². The lowest BCUT2D eigenvalue weighted by atomic mass is 10.2. The van der Waals surface area contributed by atoms with E-state index in [4.69, 9.17) is 22.1 Å². The van der Waals surface area contributed by atoms with Crippen LogP contribution in [0, 0.1) is 5.82 Å². The smallest absolute Gasteiger partial charge is 0.431 e. The van der Waals surface area contributed by atoms with Gasteiger partial charge in [0.1, 0.15) is 17.3 Å². The van der Waals surface area contributed by atoms with Crippen LogP contribution in [0.4, 0.5) is 17.6 Å². The number of primary amides is 1. The number of halogens is 5. The SMILES string of the molecule is Cn1c(C(F)(F)F)cc(=O)n(-c2cc(OC(C=O)C(N)=O)c(Cl)cc2F)c1=O. The van der Waals surface area contributed by atoms with Crippen molar-refractivity contribution in [3.63, 3.8) is 0 Å². The quantitative estimate of drug-likeness (QED) is 0.434. The number of benzene rings is 1. The number of hydrogen-bond donors (Lipinski definition) is 1. The molecule has 1 atom stereocenters. The van der Waals surface area contributed by atoms with Crippen LogP contribution in [-0.2, 0) is 22.8 Å². The number of rotatable bonds is 5. The lowest BCUT2D eigenvalue weighted by molar-refractivity contribution is -0.144. The van der Waals surface area contributed by atoms with Gasteiger partial charge in [-0.2, -0.15) is 13.2 Å². The number of amides is 1. The Bertz CT molecular complexity index is 1080. The maximum absolute atomic E-state index is 14.3. The number of nitrogens with zero attached hydrogens (tertiary/aromatic N) is 2. The summed E-state index contributed by atoms with van der Waals surface area (Å²) in [5.41, 5.74) is -0.420. The van der Waals surface area contributed by atoms with E-state index in [-0.39, 0.29) is 21.5 Å². The monoisotopic (exact) mass is 423 g/mol. The van der Waals surface area contributed by atoms with Crippen LogP contribution in [0.1, 0.15) is 5.69 Å². The molecule has 0 bridgehead atoms. The molecule has 1 heterocycles. The Hall–Kier alpha value is -3.15. The van der Waals surface area contributed by atoms with E-state index in [9.17, 15) is 36.7 Å². The van der Waals surface area contributed by atoms with Crippen LogP contribution >= 0.6 is 11.6 Å². The largest absolute Gasteiger partial charge is 0.471 e. The van der Waals surface area contributed by atoms with E-state index in [1.807, 2.05) is 0 Å². The maximum atomic E-state index is 14.3. The highest BCUT2D eigenvalue weighted by molar-refractivity contribution is 6.32. The van der Waals surface area contributed by atoms with Gasteiger partial charge in [-0.25, -0.2) is 13.8 Å². The van der Waals surface area contributed by atoms with Crippen molar-refractivity contribution < 1.29 is 31.9 Å². The number of nitrogens with two attached hydrogens (primary N) is 1. The van der Waals surface area contributed by atoms with Crippen LogP contribution < -0.4 is 21.7 Å². The van der Waals surface area contributed by atoms with Crippen molar-refractivity contribution >= 4 is 23.8 Å². The summed E-state index contributed by atoms with van der Waals surface area (Å²) in [5, 5.41) is -0.453. The molecule has 0 aliphatic heterocycles. The predicted octanol–water partition coefficient (Wildman–Crippen LogP) is 0.779. The van der Waals surface area contributed by atoms with E-state index in [2.05, 4.69) is 0 Å². The molecule has 1 aromatic heterocycles. The molecule has 150 valence electrons. The fraction of sp³-hybridized carbons (Fsp3) is 0.200. The zero-order valence-electron chi connectivity index (χ0n) is 13.8. The summed E-state index contributed by atoms with van der Waals surface area (Å²) in [6, 6.07) is 1.36. The van der Waals surface area contributed by atoms with E-state index < -0.39 is 57.4 Å². The molecule has 1 amide bonds. The molecule has 0 saturated heterocycles. The summed E-state index contributed by atoms with van der Waals surface area (Å²) < 4.78 is 58.1. The van der Waals surface area contributed by atoms with Crippen LogP contribution in [0.25, 0.3) is 5.69 Å². The first-order chi connectivity index (χ1) is 12.9. The Morgan fingerprint density at radius 3 is 2.39 bits per heavy atom. The Balaban J connectivity index is 2.73. The summed E-state index contributed by atoms with van der Waals surface area (Å²) in [6.45, 7) is 0. The number of alkyl halides is 3. The van der Waals surface area contributed by atoms with E-state index in [1.165, 1.54) is 0 Å². The summed E-state index contributed by atoms with van der Waals surface area (Å²) in [4.78, 5) is 46.2. The van der Waals surface area contributed by atoms with Crippen molar-refractivity contribution in [2.75, 3.05) is 0 Å². The van der Waals surface area contributed by atoms with E-state index in [0.29, 0.717) is 12.1 Å². The fourth-order valence-corrected chi connectivity index (χ4v) is 2.38. The highest BCUT2D eigenvalue weighted by atomic mass is 35.5. The first kappa shape index (κ1) is 21.2. The maximum Gasteiger partial charge on any atom is 0.431 e. The average molecular weight is 424 g/mol. The van der Waals surface area contributed by atoms with Crippen molar-refractivity contribution in [1.29, 1.82) is 0 Å². The van der Waals surface area contributed by atoms with Gasteiger partial charge in [0.2, 0.25) is 6.10 Å². The first-order valence-corrected chi connectivity index (χ1v) is 7.57. The third kappa shape index (κ3) is 3.91. The zero-order valence-corrected chi connectivity index (χ0v) is 14.5. The van der Waals surface area contributed by atoms with Crippen molar-refractivity contribution in [2.24, 2.45) is 12.8 Å². The Kier molecular flexibility index (Phi) is 5.64. The highest BCUT2D eigenvalue weighted by Gasteiger charge is 2.35. The molecule has 0 aliphatic rings. The summed E-state index contributed by atoms with van der Waals surface area (Å²) in [7, 11) is 0.738. The van der Waals surface area contributed by atoms with Crippen molar-refractivity contribution in [2.45, 2.75) is 12.3 Å². The van der Waals surface area contributed by atoms with Gasteiger partial charge in [-0.15, -0.1) is 0 Å². The highest BCUT2D eigenvalue weighted by Crippen LogP contribution is 2.30. The van der Waals surface area contributed by atoms with E-state index >= 15 is 0 Å². The van der Waals surface area contributed by atoms with E-state index in [0.717, 1.165) is 7.05 Å². The van der Waals surface area contributed by atoms with Gasteiger partial charge in [-0.3, -0.25) is 19.0 Å². The molecule has 0 saturated carbocycles. The third-order valence-electron chi connectivity index (χ3n) is 3.51. The van der Waals surface area contributed by atoms with Gasteiger partial charge in [-0.1, -0.05) is 11.6 Å². The van der Waals surface area contributed by atoms with Gasteiger partial charge in [0.15, 0.2) is 6.29 Å². The minimum absolute atomic E-state index is 0.0189. The van der Waals surface area contributed by atoms with Crippen LogP contribution in [0.3, 0.4) is 0 Å². The topological polar surface area (TPSA) is 113 Å². The lowest BCUT2D eigenvalue weighted by Crippen LogP contribution is -2.41. The molecule has 28 heavy (non-hydrogen) atoms. The number of carbonyl (C=O) groups is 2. The Morgan fingerprint density at radius 2 is 1.89 bits per heavy atom. The Morgan fingerprint density at radius 1 is 1.29 bits per heavy atom. The molecule has 2 rings (SSSR count). The second kappa shape index (κ2) is 7.46. The molecule has 1 aromatic carbocycles. The van der Waals surface area contributed by atoms with Gasteiger partial charge in [-0.05, 0) is 6.07 Å². The number of ether oxygens (including phenoxy) is 1. The normalized spacial score (nSPS) is 12.5. The fourth-order valence-electron chi connectivity index (χ4n) is 2.19. The van der Waals surface area contributed by atoms with E-state index in [1.54, 1.807) is 0 Å². The molecule has 0 radical (unpaired) electrons. The second-order valence-electron chi connectivity index (χ2n) is 5.35. The Labute approximate surface area is 157 Å². The molecular formula is C15H10ClF4N3O5.